The number of amidine groups is 1. The zero-order chi connectivity index (χ0) is 28.0. The van der Waals surface area contributed by atoms with Gasteiger partial charge in [-0.3, -0.25) is 10.2 Å². The minimum atomic E-state index is -4.16. The largest absolute Gasteiger partial charge is 0.384 e. The van der Waals surface area contributed by atoms with Gasteiger partial charge in [0.1, 0.15) is 17.7 Å². The Bertz CT molecular complexity index is 1440. The third-order valence-corrected chi connectivity index (χ3v) is 8.57. The predicted octanol–water partition coefficient (Wildman–Crippen LogP) is 3.25. The summed E-state index contributed by atoms with van der Waals surface area (Å²) in [6.07, 6.45) is 2.60. The van der Waals surface area contributed by atoms with Crippen LogP contribution in [-0.4, -0.2) is 50.7 Å². The number of sulfonamides is 1. The molecule has 0 unspecified atom stereocenters. The Balaban J connectivity index is 1.62. The molecule has 1 aliphatic rings. The van der Waals surface area contributed by atoms with Crippen LogP contribution < -0.4 is 16.2 Å². The number of hydrogen-bond donors (Lipinski definition) is 4. The number of rotatable bonds is 10. The van der Waals surface area contributed by atoms with Crippen molar-refractivity contribution in [3.05, 3.63) is 89.7 Å². The summed E-state index contributed by atoms with van der Waals surface area (Å²) in [5.74, 6) is -0.450. The molecule has 0 aliphatic carbocycles. The van der Waals surface area contributed by atoms with Gasteiger partial charge in [0, 0.05) is 24.2 Å². The Labute approximate surface area is 228 Å². The van der Waals surface area contributed by atoms with E-state index < -0.39 is 21.9 Å². The van der Waals surface area contributed by atoms with E-state index in [0.717, 1.165) is 19.3 Å². The molecule has 1 heterocycles. The van der Waals surface area contributed by atoms with E-state index in [2.05, 4.69) is 4.72 Å². The Morgan fingerprint density at radius 1 is 1.05 bits per heavy atom. The average Bonchev–Trinajstić information content (AvgIpc) is 2.93. The van der Waals surface area contributed by atoms with Crippen molar-refractivity contribution in [1.29, 1.82) is 5.41 Å². The van der Waals surface area contributed by atoms with Gasteiger partial charge in [0.25, 0.3) is 0 Å². The quantitative estimate of drug-likeness (QED) is 0.226. The molecule has 0 bridgehead atoms. The normalized spacial score (nSPS) is 15.2. The van der Waals surface area contributed by atoms with Crippen LogP contribution >= 0.6 is 0 Å². The van der Waals surface area contributed by atoms with E-state index in [-0.39, 0.29) is 28.6 Å². The highest BCUT2D eigenvalue weighted by Crippen LogP contribution is 2.26. The Kier molecular flexibility index (Phi) is 9.11. The number of hydrogen-bond acceptors (Lipinski definition) is 5. The van der Waals surface area contributed by atoms with Crippen molar-refractivity contribution in [2.24, 2.45) is 17.4 Å². The van der Waals surface area contributed by atoms with Crippen molar-refractivity contribution in [3.63, 3.8) is 0 Å². The first-order valence-electron chi connectivity index (χ1n) is 13.0. The van der Waals surface area contributed by atoms with Gasteiger partial charge in [-0.2, -0.15) is 4.72 Å². The van der Waals surface area contributed by atoms with Crippen molar-refractivity contribution >= 4 is 21.8 Å². The number of carbonyl (C=O) groups excluding carboxylic acids is 1. The monoisotopic (exact) mass is 551 g/mol. The first kappa shape index (κ1) is 28.4. The minimum absolute atomic E-state index is 0.0693. The lowest BCUT2D eigenvalue weighted by molar-refractivity contribution is -0.134. The lowest BCUT2D eigenvalue weighted by atomic mass is 9.93. The molecule has 1 fully saturated rings. The number of nitrogens with one attached hydrogen (secondary N) is 2. The van der Waals surface area contributed by atoms with Crippen LogP contribution in [0.4, 0.5) is 4.39 Å². The van der Waals surface area contributed by atoms with Crippen LogP contribution in [0, 0.1) is 17.1 Å². The van der Waals surface area contributed by atoms with Gasteiger partial charge in [0.2, 0.25) is 15.9 Å². The van der Waals surface area contributed by atoms with E-state index in [9.17, 15) is 17.6 Å². The molecule has 4 rings (SSSR count). The molecule has 206 valence electrons. The number of halogens is 1. The zero-order valence-corrected chi connectivity index (χ0v) is 22.5. The summed E-state index contributed by atoms with van der Waals surface area (Å²) < 4.78 is 44.1. The number of benzene rings is 3. The van der Waals surface area contributed by atoms with Gasteiger partial charge in [-0.05, 0) is 73.5 Å². The Morgan fingerprint density at radius 3 is 2.46 bits per heavy atom. The van der Waals surface area contributed by atoms with Gasteiger partial charge in [0.05, 0.1) is 4.90 Å². The Hall–Kier alpha value is -3.60. The number of nitrogens with two attached hydrogens (primary N) is 2. The van der Waals surface area contributed by atoms with Crippen molar-refractivity contribution in [2.45, 2.75) is 36.6 Å². The van der Waals surface area contributed by atoms with Crippen LogP contribution in [-0.2, 0) is 21.2 Å². The fourth-order valence-electron chi connectivity index (χ4n) is 4.96. The second-order valence-corrected chi connectivity index (χ2v) is 11.6. The second kappa shape index (κ2) is 12.5. The van der Waals surface area contributed by atoms with Crippen molar-refractivity contribution in [1.82, 2.24) is 9.62 Å². The number of nitrogen functional groups attached to an aromatic ring is 1. The molecule has 1 amide bonds. The number of piperidine rings is 1. The van der Waals surface area contributed by atoms with Gasteiger partial charge in [-0.25, -0.2) is 12.8 Å². The summed E-state index contributed by atoms with van der Waals surface area (Å²) in [4.78, 5) is 15.3. The molecular weight excluding hydrogens is 517 g/mol. The summed E-state index contributed by atoms with van der Waals surface area (Å²) in [6, 6.07) is 17.9. The molecule has 1 aliphatic heterocycles. The molecule has 1 saturated heterocycles. The fourth-order valence-corrected chi connectivity index (χ4v) is 6.20. The summed E-state index contributed by atoms with van der Waals surface area (Å²) in [6.45, 7) is 1.65. The smallest absolute Gasteiger partial charge is 0.241 e. The molecule has 0 spiro atoms. The molecule has 39 heavy (non-hydrogen) atoms. The second-order valence-electron chi connectivity index (χ2n) is 9.85. The fraction of sp³-hybridized carbons (Fsp3) is 0.310. The van der Waals surface area contributed by atoms with Gasteiger partial charge in [-0.1, -0.05) is 48.5 Å². The van der Waals surface area contributed by atoms with Gasteiger partial charge in [-0.15, -0.1) is 0 Å². The maximum absolute atomic E-state index is 14.4. The van der Waals surface area contributed by atoms with Crippen LogP contribution in [0.5, 0.6) is 0 Å². The lowest BCUT2D eigenvalue weighted by Crippen LogP contribution is -2.51. The van der Waals surface area contributed by atoms with E-state index in [1.807, 2.05) is 0 Å². The van der Waals surface area contributed by atoms with Crippen LogP contribution in [0.15, 0.2) is 77.7 Å². The summed E-state index contributed by atoms with van der Waals surface area (Å²) >= 11 is 0. The lowest BCUT2D eigenvalue weighted by Gasteiger charge is -2.34. The minimum Gasteiger partial charge on any atom is -0.384 e. The number of likely N-dealkylation sites (tertiary alicyclic amines) is 1. The first-order chi connectivity index (χ1) is 18.7. The SMILES string of the molecule is N=C(N)c1cccc(C[C@@H](NS(=O)(=O)c2cccc(-c3ccccc3F)c2)C(=O)N2CCC(CCN)CC2)c1. The number of nitrogens with zero attached hydrogens (tertiary/aromatic N) is 1. The molecular formula is C29H34FN5O3S. The van der Waals surface area contributed by atoms with Gasteiger partial charge >= 0.3 is 0 Å². The van der Waals surface area contributed by atoms with Crippen molar-refractivity contribution in [3.8, 4) is 11.1 Å². The third kappa shape index (κ3) is 7.08. The molecule has 0 aromatic heterocycles. The molecule has 6 N–H and O–H groups in total. The van der Waals surface area contributed by atoms with Crippen molar-refractivity contribution < 1.29 is 17.6 Å². The van der Waals surface area contributed by atoms with E-state index in [1.54, 1.807) is 59.5 Å². The van der Waals surface area contributed by atoms with Crippen molar-refractivity contribution in [2.75, 3.05) is 19.6 Å². The molecule has 8 nitrogen and oxygen atoms in total. The predicted molar refractivity (Wildman–Crippen MR) is 150 cm³/mol. The van der Waals surface area contributed by atoms with Gasteiger partial charge in [0.15, 0.2) is 0 Å². The zero-order valence-electron chi connectivity index (χ0n) is 21.6. The molecule has 3 aromatic rings. The van der Waals surface area contributed by atoms with Crippen LogP contribution in [0.2, 0.25) is 0 Å². The maximum Gasteiger partial charge on any atom is 0.241 e. The van der Waals surface area contributed by atoms with Crippen LogP contribution in [0.1, 0.15) is 30.4 Å². The molecule has 3 aromatic carbocycles. The van der Waals surface area contributed by atoms with E-state index in [0.29, 0.717) is 42.2 Å². The highest BCUT2D eigenvalue weighted by molar-refractivity contribution is 7.89. The molecule has 0 saturated carbocycles. The summed E-state index contributed by atoms with van der Waals surface area (Å²) in [5, 5.41) is 7.73. The maximum atomic E-state index is 14.4. The summed E-state index contributed by atoms with van der Waals surface area (Å²) in [5.41, 5.74) is 13.2. The van der Waals surface area contributed by atoms with E-state index >= 15 is 0 Å². The third-order valence-electron chi connectivity index (χ3n) is 7.10. The van der Waals surface area contributed by atoms with Crippen LogP contribution in [0.3, 0.4) is 0 Å². The Morgan fingerprint density at radius 2 is 1.77 bits per heavy atom. The highest BCUT2D eigenvalue weighted by Gasteiger charge is 2.32. The standard InChI is InChI=1S/C29H34FN5O3S/c30-26-10-2-1-9-25(26)22-6-4-8-24(19-22)39(37,38)34-27(18-21-5-3-7-23(17-21)28(32)33)29(36)35-15-12-20(11-14-31)13-16-35/h1-10,17,19-20,27,34H,11-16,18,31H2,(H3,32,33)/t27-/m1/s1. The number of carbonyl (C=O) groups is 1. The number of amides is 1. The molecule has 1 atom stereocenters. The molecule has 10 heteroatoms. The van der Waals surface area contributed by atoms with E-state index in [1.165, 1.54) is 18.2 Å². The first-order valence-corrected chi connectivity index (χ1v) is 14.5. The van der Waals surface area contributed by atoms with Gasteiger partial charge < -0.3 is 16.4 Å². The topological polar surface area (TPSA) is 142 Å². The van der Waals surface area contributed by atoms with E-state index in [4.69, 9.17) is 16.9 Å². The molecule has 0 radical (unpaired) electrons. The summed E-state index contributed by atoms with van der Waals surface area (Å²) in [7, 11) is -4.16. The van der Waals surface area contributed by atoms with Crippen LogP contribution in [0.25, 0.3) is 11.1 Å². The average molecular weight is 552 g/mol. The highest BCUT2D eigenvalue weighted by atomic mass is 32.2.